The van der Waals surface area contributed by atoms with Crippen LogP contribution in [0.15, 0.2) is 28.8 Å². The Balaban J connectivity index is 1.64. The van der Waals surface area contributed by atoms with Gasteiger partial charge in [-0.3, -0.25) is 0 Å². The molecule has 1 aromatic heterocycles. The van der Waals surface area contributed by atoms with Crippen molar-refractivity contribution in [2.24, 2.45) is 5.92 Å². The van der Waals surface area contributed by atoms with Crippen molar-refractivity contribution in [2.75, 3.05) is 26.9 Å². The van der Waals surface area contributed by atoms with Gasteiger partial charge in [0.1, 0.15) is 12.4 Å². The van der Waals surface area contributed by atoms with Gasteiger partial charge in [0.2, 0.25) is 11.7 Å². The molecule has 0 spiro atoms. The summed E-state index contributed by atoms with van der Waals surface area (Å²) < 4.78 is 24.3. The van der Waals surface area contributed by atoms with Crippen LogP contribution in [0.25, 0.3) is 11.4 Å². The van der Waals surface area contributed by atoms with E-state index in [1.165, 1.54) is 6.07 Å². The van der Waals surface area contributed by atoms with E-state index in [2.05, 4.69) is 10.1 Å². The maximum Gasteiger partial charge on any atom is 0.243 e. The molecule has 1 aromatic carbocycles. The Morgan fingerprint density at radius 1 is 1.30 bits per heavy atom. The van der Waals surface area contributed by atoms with Gasteiger partial charge in [-0.1, -0.05) is 17.3 Å². The maximum absolute atomic E-state index is 13.8. The lowest BCUT2D eigenvalue weighted by Crippen LogP contribution is -2.31. The highest BCUT2D eigenvalue weighted by atomic mass is 19.1. The lowest BCUT2D eigenvalue weighted by atomic mass is 10.0. The summed E-state index contributed by atoms with van der Waals surface area (Å²) in [4.78, 5) is 9.64. The molecule has 1 fully saturated rings. The van der Waals surface area contributed by atoms with E-state index < -0.39 is 0 Å². The van der Waals surface area contributed by atoms with Gasteiger partial charge in [0.15, 0.2) is 0 Å². The van der Waals surface area contributed by atoms with Crippen molar-refractivity contribution in [2.45, 2.75) is 19.4 Å². The third-order valence-electron chi connectivity index (χ3n) is 3.96. The van der Waals surface area contributed by atoms with Crippen LogP contribution in [0, 0.1) is 11.7 Å². The molecule has 1 saturated heterocycles. The average molecular weight is 321 g/mol. The zero-order valence-corrected chi connectivity index (χ0v) is 13.1. The molecule has 1 aliphatic rings. The molecule has 0 radical (unpaired) electrons. The van der Waals surface area contributed by atoms with E-state index in [0.29, 0.717) is 23.9 Å². The Hall–Kier alpha value is -1.83. The van der Waals surface area contributed by atoms with Crippen LogP contribution in [0.2, 0.25) is 0 Å². The summed E-state index contributed by atoms with van der Waals surface area (Å²) in [5.74, 6) is 0.806. The largest absolute Gasteiger partial charge is 0.381 e. The minimum absolute atomic E-state index is 0.250. The van der Waals surface area contributed by atoms with Crippen LogP contribution in [-0.4, -0.2) is 42.1 Å². The molecule has 3 rings (SSSR count). The quantitative estimate of drug-likeness (QED) is 0.762. The van der Waals surface area contributed by atoms with E-state index in [4.69, 9.17) is 14.1 Å². The molecule has 1 aliphatic heterocycles. The highest BCUT2D eigenvalue weighted by Crippen LogP contribution is 2.21. The molecule has 23 heavy (non-hydrogen) atoms. The smallest absolute Gasteiger partial charge is 0.243 e. The molecule has 124 valence electrons. The summed E-state index contributed by atoms with van der Waals surface area (Å²) in [6.07, 6.45) is 2.04. The summed E-state index contributed by atoms with van der Waals surface area (Å²) >= 11 is 0. The number of rotatable bonds is 6. The monoisotopic (exact) mass is 321 g/mol. The zero-order chi connectivity index (χ0) is 16.1. The molecule has 2 aromatic rings. The Morgan fingerprint density at radius 2 is 2.09 bits per heavy atom. The van der Waals surface area contributed by atoms with Crippen LogP contribution >= 0.6 is 0 Å². The van der Waals surface area contributed by atoms with Crippen molar-refractivity contribution >= 4 is 0 Å². The molecular formula is C16H20FN3O3. The Labute approximate surface area is 134 Å². The molecular weight excluding hydrogens is 301 g/mol. The topological polar surface area (TPSA) is 60.6 Å². The predicted molar refractivity (Wildman–Crippen MR) is 80.7 cm³/mol. The standard InChI is InChI=1S/C16H20FN3O3/c1-21-20(10-12-6-8-22-9-7-12)11-15-18-16(19-23-15)13-4-2-3-5-14(13)17/h2-5,12H,6-11H2,1H3. The average Bonchev–Trinajstić information content (AvgIpc) is 3.04. The number of benzene rings is 1. The minimum atomic E-state index is -0.370. The minimum Gasteiger partial charge on any atom is -0.381 e. The summed E-state index contributed by atoms with van der Waals surface area (Å²) in [6, 6.07) is 6.36. The highest BCUT2D eigenvalue weighted by Gasteiger charge is 2.20. The normalized spacial score (nSPS) is 16.1. The first-order valence-corrected chi connectivity index (χ1v) is 7.70. The van der Waals surface area contributed by atoms with E-state index in [1.54, 1.807) is 30.4 Å². The van der Waals surface area contributed by atoms with Gasteiger partial charge in [-0.2, -0.15) is 10.0 Å². The van der Waals surface area contributed by atoms with Crippen LogP contribution in [-0.2, 0) is 16.1 Å². The second-order valence-corrected chi connectivity index (χ2v) is 5.55. The number of hydrogen-bond donors (Lipinski definition) is 0. The molecule has 2 heterocycles. The summed E-state index contributed by atoms with van der Waals surface area (Å²) in [6.45, 7) is 2.73. The highest BCUT2D eigenvalue weighted by molar-refractivity contribution is 5.54. The summed E-state index contributed by atoms with van der Waals surface area (Å²) in [7, 11) is 1.62. The van der Waals surface area contributed by atoms with E-state index in [9.17, 15) is 4.39 Å². The number of nitrogens with zero attached hydrogens (tertiary/aromatic N) is 3. The van der Waals surface area contributed by atoms with Gasteiger partial charge in [0.25, 0.3) is 0 Å². The zero-order valence-electron chi connectivity index (χ0n) is 13.1. The van der Waals surface area contributed by atoms with E-state index in [1.807, 2.05) is 0 Å². The van der Waals surface area contributed by atoms with Crippen LogP contribution in [0.5, 0.6) is 0 Å². The maximum atomic E-state index is 13.8. The lowest BCUT2D eigenvalue weighted by molar-refractivity contribution is -0.156. The second kappa shape index (κ2) is 7.63. The van der Waals surface area contributed by atoms with Crippen molar-refractivity contribution in [3.05, 3.63) is 36.0 Å². The third kappa shape index (κ3) is 4.13. The Kier molecular flexibility index (Phi) is 5.32. The van der Waals surface area contributed by atoms with E-state index >= 15 is 0 Å². The summed E-state index contributed by atoms with van der Waals surface area (Å²) in [5, 5.41) is 5.64. The Morgan fingerprint density at radius 3 is 2.83 bits per heavy atom. The molecule has 6 nitrogen and oxygen atoms in total. The van der Waals surface area contributed by atoms with E-state index in [-0.39, 0.29) is 11.6 Å². The number of ether oxygens (including phenoxy) is 1. The van der Waals surface area contributed by atoms with Crippen LogP contribution < -0.4 is 0 Å². The Bertz CT molecular complexity index is 629. The fourth-order valence-electron chi connectivity index (χ4n) is 2.64. The molecule has 0 saturated carbocycles. The van der Waals surface area contributed by atoms with Gasteiger partial charge in [-0.25, -0.2) is 4.39 Å². The number of aromatic nitrogens is 2. The van der Waals surface area contributed by atoms with E-state index in [0.717, 1.165) is 32.6 Å². The molecule has 0 bridgehead atoms. The number of hydrogen-bond acceptors (Lipinski definition) is 6. The SMILES string of the molecule is CON(Cc1nc(-c2ccccc2F)no1)CC1CCOCC1. The van der Waals surface area contributed by atoms with Crippen LogP contribution in [0.4, 0.5) is 4.39 Å². The molecule has 0 N–H and O–H groups in total. The molecule has 0 aliphatic carbocycles. The lowest BCUT2D eigenvalue weighted by Gasteiger charge is -2.27. The van der Waals surface area contributed by atoms with Gasteiger partial charge >= 0.3 is 0 Å². The molecule has 7 heteroatoms. The van der Waals surface area contributed by atoms with Crippen molar-refractivity contribution in [1.29, 1.82) is 0 Å². The first-order chi connectivity index (χ1) is 11.3. The van der Waals surface area contributed by atoms with Gasteiger partial charge in [0.05, 0.1) is 12.7 Å². The van der Waals surface area contributed by atoms with Crippen molar-refractivity contribution < 1.29 is 18.5 Å². The van der Waals surface area contributed by atoms with Gasteiger partial charge < -0.3 is 14.1 Å². The number of hydroxylamine groups is 2. The first-order valence-electron chi connectivity index (χ1n) is 7.70. The van der Waals surface area contributed by atoms with Crippen LogP contribution in [0.1, 0.15) is 18.7 Å². The predicted octanol–water partition coefficient (Wildman–Crippen LogP) is 2.67. The molecule has 0 atom stereocenters. The van der Waals surface area contributed by atoms with Crippen molar-refractivity contribution in [3.63, 3.8) is 0 Å². The second-order valence-electron chi connectivity index (χ2n) is 5.55. The fraction of sp³-hybridized carbons (Fsp3) is 0.500. The molecule has 0 amide bonds. The van der Waals surface area contributed by atoms with Gasteiger partial charge in [0, 0.05) is 19.8 Å². The molecule has 0 unspecified atom stereocenters. The van der Waals surface area contributed by atoms with Crippen LogP contribution in [0.3, 0.4) is 0 Å². The number of halogens is 1. The summed E-state index contributed by atoms with van der Waals surface area (Å²) in [5.41, 5.74) is 0.330. The van der Waals surface area contributed by atoms with Crippen molar-refractivity contribution in [3.8, 4) is 11.4 Å². The van der Waals surface area contributed by atoms with Gasteiger partial charge in [-0.15, -0.1) is 0 Å². The first kappa shape index (κ1) is 16.0. The third-order valence-corrected chi connectivity index (χ3v) is 3.96. The fourth-order valence-corrected chi connectivity index (χ4v) is 2.64. The van der Waals surface area contributed by atoms with Gasteiger partial charge in [-0.05, 0) is 30.9 Å². The van der Waals surface area contributed by atoms with Crippen molar-refractivity contribution in [1.82, 2.24) is 15.2 Å².